The highest BCUT2D eigenvalue weighted by Gasteiger charge is 2.00. The summed E-state index contributed by atoms with van der Waals surface area (Å²) in [6.45, 7) is 4.12. The van der Waals surface area contributed by atoms with E-state index in [-0.39, 0.29) is 0 Å². The van der Waals surface area contributed by atoms with E-state index in [2.05, 4.69) is 28.0 Å². The van der Waals surface area contributed by atoms with Crippen molar-refractivity contribution in [3.63, 3.8) is 0 Å². The van der Waals surface area contributed by atoms with Gasteiger partial charge in [0.15, 0.2) is 0 Å². The molecule has 0 aliphatic heterocycles. The molecule has 0 saturated carbocycles. The lowest BCUT2D eigenvalue weighted by Crippen LogP contribution is -2.25. The van der Waals surface area contributed by atoms with Crippen LogP contribution in [-0.2, 0) is 0 Å². The fourth-order valence-corrected chi connectivity index (χ4v) is 2.63. The molecule has 0 unspecified atom stereocenters. The number of hydrogen-bond donors (Lipinski definition) is 1. The van der Waals surface area contributed by atoms with Crippen molar-refractivity contribution >= 4 is 0 Å². The van der Waals surface area contributed by atoms with E-state index < -0.39 is 0 Å². The Hall–Kier alpha value is -1.40. The van der Waals surface area contributed by atoms with Crippen LogP contribution in [0.5, 0.6) is 0 Å². The van der Waals surface area contributed by atoms with Crippen LogP contribution in [0.15, 0.2) is 0 Å². The van der Waals surface area contributed by atoms with Crippen LogP contribution in [-0.4, -0.2) is 37.6 Å². The molecule has 0 saturated heterocycles. The van der Waals surface area contributed by atoms with E-state index in [1.807, 2.05) is 0 Å². The Bertz CT molecular complexity index is 351. The molecule has 0 spiro atoms. The largest absolute Gasteiger partial charge is 0.306 e. The Morgan fingerprint density at radius 1 is 0.609 bits per heavy atom. The fraction of sp³-hybridized carbons (Fsp3) is 0.714. The maximum atomic E-state index is 5.34. The van der Waals surface area contributed by atoms with Crippen LogP contribution >= 0.6 is 0 Å². The average Bonchev–Trinajstić information content (AvgIpc) is 2.55. The van der Waals surface area contributed by atoms with Crippen molar-refractivity contribution in [2.24, 2.45) is 0 Å². The van der Waals surface area contributed by atoms with Gasteiger partial charge >= 0.3 is 0 Å². The monoisotopic (exact) mass is 314 g/mol. The molecule has 2 nitrogen and oxygen atoms in total. The lowest BCUT2D eigenvalue weighted by molar-refractivity contribution is 0.333. The second kappa shape index (κ2) is 18.6. The minimum atomic E-state index is 0.669. The molecule has 0 atom stereocenters. The second-order valence-corrected chi connectivity index (χ2v) is 6.04. The average molecular weight is 315 g/mol. The van der Waals surface area contributed by atoms with Crippen LogP contribution in [0.25, 0.3) is 0 Å². The Morgan fingerprint density at radius 2 is 1.09 bits per heavy atom. The first-order chi connectivity index (χ1) is 11.3. The van der Waals surface area contributed by atoms with Gasteiger partial charge in [-0.2, -0.15) is 0 Å². The Labute approximate surface area is 144 Å². The molecule has 2 heteroatoms. The Kier molecular flexibility index (Phi) is 17.5. The molecule has 0 bridgehead atoms. The van der Waals surface area contributed by atoms with E-state index in [1.54, 1.807) is 0 Å². The summed E-state index contributed by atoms with van der Waals surface area (Å²) < 4.78 is 0. The highest BCUT2D eigenvalue weighted by Crippen LogP contribution is 2.10. The molecule has 0 aliphatic carbocycles. The fourth-order valence-electron chi connectivity index (χ4n) is 2.63. The van der Waals surface area contributed by atoms with Crippen molar-refractivity contribution in [3.05, 3.63) is 0 Å². The molecule has 0 fully saturated rings. The van der Waals surface area contributed by atoms with E-state index in [1.165, 1.54) is 64.2 Å². The summed E-state index contributed by atoms with van der Waals surface area (Å²) in [6, 6.07) is 0. The van der Waals surface area contributed by atoms with Gasteiger partial charge in [-0.05, 0) is 19.4 Å². The molecule has 23 heavy (non-hydrogen) atoms. The third kappa shape index (κ3) is 16.8. The zero-order valence-electron chi connectivity index (χ0n) is 14.8. The van der Waals surface area contributed by atoms with Crippen LogP contribution in [0.3, 0.4) is 0 Å². The van der Waals surface area contributed by atoms with Crippen LogP contribution < -0.4 is 5.32 Å². The number of nitrogens with zero attached hydrogens (tertiary/aromatic N) is 1. The Morgan fingerprint density at radius 3 is 1.57 bits per heavy atom. The standard InChI is InChI=1S/C21H34N2/c1-4-17-22-18-15-13-11-9-7-8-10-12-14-16-21-23(19-5-2)20-6-3/h1-3,22H,7-21H2. The number of unbranched alkanes of at least 4 members (excludes halogenated alkanes) is 9. The van der Waals surface area contributed by atoms with Gasteiger partial charge in [0, 0.05) is 6.54 Å². The first kappa shape index (κ1) is 21.6. The molecular weight excluding hydrogens is 280 g/mol. The summed E-state index contributed by atoms with van der Waals surface area (Å²) >= 11 is 0. The maximum Gasteiger partial charge on any atom is 0.0607 e. The molecule has 0 rings (SSSR count). The van der Waals surface area contributed by atoms with Crippen molar-refractivity contribution in [2.75, 3.05) is 32.7 Å². The molecule has 0 amide bonds. The van der Waals surface area contributed by atoms with E-state index in [0.29, 0.717) is 19.6 Å². The minimum absolute atomic E-state index is 0.669. The summed E-state index contributed by atoms with van der Waals surface area (Å²) in [5, 5.41) is 3.23. The number of rotatable bonds is 16. The third-order valence-electron chi connectivity index (χ3n) is 3.93. The van der Waals surface area contributed by atoms with Crippen molar-refractivity contribution in [2.45, 2.75) is 64.2 Å². The second-order valence-electron chi connectivity index (χ2n) is 6.04. The highest BCUT2D eigenvalue weighted by atomic mass is 15.1. The van der Waals surface area contributed by atoms with Gasteiger partial charge in [0.1, 0.15) is 0 Å². The zero-order valence-corrected chi connectivity index (χ0v) is 14.8. The van der Waals surface area contributed by atoms with Crippen molar-refractivity contribution in [1.82, 2.24) is 10.2 Å². The molecular formula is C21H34N2. The van der Waals surface area contributed by atoms with E-state index in [9.17, 15) is 0 Å². The number of hydrogen-bond acceptors (Lipinski definition) is 2. The molecule has 0 aromatic carbocycles. The Balaban J connectivity index is 3.20. The normalized spacial score (nSPS) is 10.2. The van der Waals surface area contributed by atoms with Gasteiger partial charge in [0.2, 0.25) is 0 Å². The van der Waals surface area contributed by atoms with Gasteiger partial charge in [-0.25, -0.2) is 0 Å². The summed E-state index contributed by atoms with van der Waals surface area (Å²) in [5.74, 6) is 7.93. The lowest BCUT2D eigenvalue weighted by atomic mass is 10.1. The molecule has 0 aromatic heterocycles. The van der Waals surface area contributed by atoms with Gasteiger partial charge in [0.05, 0.1) is 19.6 Å². The number of terminal acetylenes is 3. The molecule has 0 heterocycles. The predicted octanol–water partition coefficient (Wildman–Crippen LogP) is 3.68. The number of nitrogens with one attached hydrogen (secondary N) is 1. The smallest absolute Gasteiger partial charge is 0.0607 e. The van der Waals surface area contributed by atoms with E-state index in [0.717, 1.165) is 13.1 Å². The summed E-state index contributed by atoms with van der Waals surface area (Å²) in [4.78, 5) is 2.17. The highest BCUT2D eigenvalue weighted by molar-refractivity contribution is 4.94. The quantitative estimate of drug-likeness (QED) is 0.345. The molecule has 128 valence electrons. The summed E-state index contributed by atoms with van der Waals surface area (Å²) in [6.07, 6.45) is 29.0. The minimum Gasteiger partial charge on any atom is -0.306 e. The van der Waals surface area contributed by atoms with Crippen molar-refractivity contribution in [1.29, 1.82) is 0 Å². The zero-order chi connectivity index (χ0) is 17.0. The molecule has 0 radical (unpaired) electrons. The van der Waals surface area contributed by atoms with Crippen LogP contribution in [0, 0.1) is 37.0 Å². The maximum absolute atomic E-state index is 5.34. The lowest BCUT2D eigenvalue weighted by Gasteiger charge is -2.16. The first-order valence-electron chi connectivity index (χ1n) is 9.08. The van der Waals surface area contributed by atoms with E-state index >= 15 is 0 Å². The molecule has 1 N–H and O–H groups in total. The van der Waals surface area contributed by atoms with Gasteiger partial charge in [-0.3, -0.25) is 4.90 Å². The van der Waals surface area contributed by atoms with Crippen molar-refractivity contribution in [3.8, 4) is 37.0 Å². The summed E-state index contributed by atoms with van der Waals surface area (Å²) in [7, 11) is 0. The predicted molar refractivity (Wildman–Crippen MR) is 102 cm³/mol. The first-order valence-corrected chi connectivity index (χ1v) is 9.08. The van der Waals surface area contributed by atoms with Crippen LogP contribution in [0.4, 0.5) is 0 Å². The van der Waals surface area contributed by atoms with Crippen LogP contribution in [0.2, 0.25) is 0 Å². The van der Waals surface area contributed by atoms with Gasteiger partial charge < -0.3 is 5.32 Å². The molecule has 0 aromatic rings. The van der Waals surface area contributed by atoms with Crippen molar-refractivity contribution < 1.29 is 0 Å². The topological polar surface area (TPSA) is 15.3 Å². The third-order valence-corrected chi connectivity index (χ3v) is 3.93. The SMILES string of the molecule is C#CCNCCCCCCCCCCCCN(CC#C)CC#C. The van der Waals surface area contributed by atoms with Gasteiger partial charge in [-0.15, -0.1) is 19.3 Å². The van der Waals surface area contributed by atoms with Gasteiger partial charge in [-0.1, -0.05) is 69.1 Å². The summed E-state index contributed by atoms with van der Waals surface area (Å²) in [5.41, 5.74) is 0. The van der Waals surface area contributed by atoms with Crippen LogP contribution in [0.1, 0.15) is 64.2 Å². The molecule has 0 aliphatic rings. The van der Waals surface area contributed by atoms with E-state index in [4.69, 9.17) is 19.3 Å². The van der Waals surface area contributed by atoms with Gasteiger partial charge in [0.25, 0.3) is 0 Å².